The van der Waals surface area contributed by atoms with Gasteiger partial charge < -0.3 is 9.84 Å². The van der Waals surface area contributed by atoms with Crippen LogP contribution in [-0.2, 0) is 9.53 Å². The maximum absolute atomic E-state index is 12.2. The van der Waals surface area contributed by atoms with Crippen molar-refractivity contribution < 1.29 is 14.6 Å². The van der Waals surface area contributed by atoms with E-state index in [1.807, 2.05) is 32.1 Å². The summed E-state index contributed by atoms with van der Waals surface area (Å²) in [4.78, 5) is 12.2. The summed E-state index contributed by atoms with van der Waals surface area (Å²) >= 11 is 0. The van der Waals surface area contributed by atoms with Gasteiger partial charge in [-0.15, -0.1) is 0 Å². The van der Waals surface area contributed by atoms with Gasteiger partial charge in [0, 0.05) is 5.56 Å². The van der Waals surface area contributed by atoms with Gasteiger partial charge in [0.2, 0.25) is 0 Å². The van der Waals surface area contributed by atoms with Gasteiger partial charge in [0.15, 0.2) is 0 Å². The molecule has 0 saturated carbocycles. The average molecular weight is 298 g/mol. The number of phenolic OH excluding ortho intramolecular Hbond substituents is 1. The Balaban J connectivity index is 3.31. The van der Waals surface area contributed by atoms with Gasteiger partial charge >= 0.3 is 5.97 Å². The van der Waals surface area contributed by atoms with Crippen molar-refractivity contribution in [2.75, 3.05) is 6.61 Å². The summed E-state index contributed by atoms with van der Waals surface area (Å²) < 4.78 is 5.11. The topological polar surface area (TPSA) is 46.5 Å². The second kappa shape index (κ2) is 8.67. The van der Waals surface area contributed by atoms with E-state index in [9.17, 15) is 9.90 Å². The standard InChI is InChI=1S/C19H22O3/c1-5-14(3)10-9-11-15(4)18(19(21)22-6-2)16-12-7-8-13-17(16)20/h5,7-13,20H,1,6H2,2-4H3. The van der Waals surface area contributed by atoms with Crippen LogP contribution in [0.2, 0.25) is 0 Å². The molecule has 1 rings (SSSR count). The molecule has 0 heterocycles. The van der Waals surface area contributed by atoms with Crippen molar-refractivity contribution in [2.24, 2.45) is 0 Å². The van der Waals surface area contributed by atoms with Crippen LogP contribution >= 0.6 is 0 Å². The van der Waals surface area contributed by atoms with Crippen molar-refractivity contribution in [1.82, 2.24) is 0 Å². The monoisotopic (exact) mass is 298 g/mol. The Morgan fingerprint density at radius 3 is 2.59 bits per heavy atom. The molecule has 0 aliphatic carbocycles. The molecule has 0 aliphatic rings. The minimum absolute atomic E-state index is 0.0520. The van der Waals surface area contributed by atoms with Crippen LogP contribution in [0.25, 0.3) is 5.57 Å². The Morgan fingerprint density at radius 1 is 1.32 bits per heavy atom. The van der Waals surface area contributed by atoms with E-state index in [4.69, 9.17) is 4.74 Å². The Morgan fingerprint density at radius 2 is 2.00 bits per heavy atom. The molecule has 3 nitrogen and oxygen atoms in total. The first-order valence-corrected chi connectivity index (χ1v) is 7.15. The van der Waals surface area contributed by atoms with Crippen LogP contribution < -0.4 is 0 Å². The highest BCUT2D eigenvalue weighted by Crippen LogP contribution is 2.28. The van der Waals surface area contributed by atoms with Crippen LogP contribution in [0.4, 0.5) is 0 Å². The van der Waals surface area contributed by atoms with E-state index in [0.29, 0.717) is 16.7 Å². The Kier molecular flexibility index (Phi) is 6.90. The molecule has 0 unspecified atom stereocenters. The molecule has 0 atom stereocenters. The predicted octanol–water partition coefficient (Wildman–Crippen LogP) is 4.42. The number of carbonyl (C=O) groups excluding carboxylic acids is 1. The Labute approximate surface area is 131 Å². The molecule has 0 bridgehead atoms. The third-order valence-electron chi connectivity index (χ3n) is 3.07. The number of para-hydroxylation sites is 1. The van der Waals surface area contributed by atoms with Crippen LogP contribution in [0.15, 0.2) is 66.3 Å². The number of aromatic hydroxyl groups is 1. The summed E-state index contributed by atoms with van der Waals surface area (Å²) in [7, 11) is 0. The van der Waals surface area contributed by atoms with Crippen LogP contribution in [0.3, 0.4) is 0 Å². The highest BCUT2D eigenvalue weighted by Gasteiger charge is 2.18. The Hall–Kier alpha value is -2.55. The summed E-state index contributed by atoms with van der Waals surface area (Å²) in [5, 5.41) is 10.0. The zero-order chi connectivity index (χ0) is 16.5. The number of hydrogen-bond acceptors (Lipinski definition) is 3. The molecule has 1 aromatic rings. The van der Waals surface area contributed by atoms with E-state index in [0.717, 1.165) is 5.57 Å². The molecule has 1 aromatic carbocycles. The third kappa shape index (κ3) is 4.77. The van der Waals surface area contributed by atoms with Crippen molar-refractivity contribution in [3.8, 4) is 5.75 Å². The van der Waals surface area contributed by atoms with Gasteiger partial charge in [-0.2, -0.15) is 0 Å². The fourth-order valence-electron chi connectivity index (χ4n) is 1.87. The maximum Gasteiger partial charge on any atom is 0.339 e. The second-order valence-corrected chi connectivity index (χ2v) is 4.77. The minimum atomic E-state index is -0.449. The quantitative estimate of drug-likeness (QED) is 0.480. The van der Waals surface area contributed by atoms with E-state index in [1.54, 1.807) is 37.3 Å². The molecule has 22 heavy (non-hydrogen) atoms. The van der Waals surface area contributed by atoms with Crippen LogP contribution in [-0.4, -0.2) is 17.7 Å². The van der Waals surface area contributed by atoms with Gasteiger partial charge in [0.25, 0.3) is 0 Å². The number of phenols is 1. The molecule has 0 aliphatic heterocycles. The predicted molar refractivity (Wildman–Crippen MR) is 90.4 cm³/mol. The first kappa shape index (κ1) is 17.5. The summed E-state index contributed by atoms with van der Waals surface area (Å²) in [5.41, 5.74) is 2.56. The molecular formula is C19H22O3. The molecular weight excluding hydrogens is 276 g/mol. The molecule has 0 aromatic heterocycles. The number of rotatable bonds is 6. The van der Waals surface area contributed by atoms with Crippen molar-refractivity contribution >= 4 is 11.5 Å². The van der Waals surface area contributed by atoms with Gasteiger partial charge in [0.05, 0.1) is 12.2 Å². The van der Waals surface area contributed by atoms with Crippen LogP contribution in [0.5, 0.6) is 5.75 Å². The normalized spacial score (nSPS) is 13.0. The molecule has 1 N–H and O–H groups in total. The molecule has 0 saturated heterocycles. The largest absolute Gasteiger partial charge is 0.507 e. The molecule has 3 heteroatoms. The van der Waals surface area contributed by atoms with Crippen molar-refractivity contribution in [3.05, 3.63) is 71.9 Å². The zero-order valence-electron chi connectivity index (χ0n) is 13.3. The van der Waals surface area contributed by atoms with E-state index >= 15 is 0 Å². The van der Waals surface area contributed by atoms with Crippen LogP contribution in [0.1, 0.15) is 26.3 Å². The van der Waals surface area contributed by atoms with E-state index in [1.165, 1.54) is 0 Å². The lowest BCUT2D eigenvalue weighted by molar-refractivity contribution is -0.136. The second-order valence-electron chi connectivity index (χ2n) is 4.77. The molecule has 0 radical (unpaired) electrons. The lowest BCUT2D eigenvalue weighted by atomic mass is 9.99. The number of carbonyl (C=O) groups is 1. The summed E-state index contributed by atoms with van der Waals surface area (Å²) in [6.07, 6.45) is 7.29. The number of benzene rings is 1. The Bertz CT molecular complexity index is 634. The first-order valence-electron chi connectivity index (χ1n) is 7.15. The lowest BCUT2D eigenvalue weighted by Crippen LogP contribution is -2.08. The summed E-state index contributed by atoms with van der Waals surface area (Å²) in [5.74, 6) is -0.397. The molecule has 116 valence electrons. The molecule has 0 amide bonds. The maximum atomic E-state index is 12.2. The minimum Gasteiger partial charge on any atom is -0.507 e. The van der Waals surface area contributed by atoms with E-state index < -0.39 is 5.97 Å². The SMILES string of the molecule is C=CC(C)=CC=CC(C)=C(C(=O)OCC)c1ccccc1O. The van der Waals surface area contributed by atoms with Gasteiger partial charge in [-0.1, -0.05) is 54.7 Å². The highest BCUT2D eigenvalue weighted by atomic mass is 16.5. The smallest absolute Gasteiger partial charge is 0.339 e. The fraction of sp³-hybridized carbons (Fsp3) is 0.211. The van der Waals surface area contributed by atoms with Crippen LogP contribution in [0, 0.1) is 0 Å². The number of esters is 1. The first-order chi connectivity index (χ1) is 10.5. The highest BCUT2D eigenvalue weighted by molar-refractivity contribution is 6.18. The number of hydrogen-bond donors (Lipinski definition) is 1. The molecule has 0 spiro atoms. The number of allylic oxidation sites excluding steroid dienone is 6. The van der Waals surface area contributed by atoms with Crippen molar-refractivity contribution in [2.45, 2.75) is 20.8 Å². The molecule has 0 fully saturated rings. The average Bonchev–Trinajstić information content (AvgIpc) is 2.49. The third-order valence-corrected chi connectivity index (χ3v) is 3.07. The van der Waals surface area contributed by atoms with E-state index in [2.05, 4.69) is 6.58 Å². The van der Waals surface area contributed by atoms with Gasteiger partial charge in [0.1, 0.15) is 5.75 Å². The van der Waals surface area contributed by atoms with Crippen molar-refractivity contribution in [3.63, 3.8) is 0 Å². The van der Waals surface area contributed by atoms with Gasteiger partial charge in [-0.25, -0.2) is 4.79 Å². The van der Waals surface area contributed by atoms with Crippen molar-refractivity contribution in [1.29, 1.82) is 0 Å². The summed E-state index contributed by atoms with van der Waals surface area (Å²) in [6, 6.07) is 6.73. The van der Waals surface area contributed by atoms with Gasteiger partial charge in [-0.3, -0.25) is 0 Å². The zero-order valence-corrected chi connectivity index (χ0v) is 13.3. The number of ether oxygens (including phenoxy) is 1. The fourth-order valence-corrected chi connectivity index (χ4v) is 1.87. The van der Waals surface area contributed by atoms with E-state index in [-0.39, 0.29) is 12.4 Å². The lowest BCUT2D eigenvalue weighted by Gasteiger charge is -2.11. The summed E-state index contributed by atoms with van der Waals surface area (Å²) in [6.45, 7) is 9.46. The van der Waals surface area contributed by atoms with Gasteiger partial charge in [-0.05, 0) is 32.4 Å².